The van der Waals surface area contributed by atoms with Crippen LogP contribution in [0.3, 0.4) is 0 Å². The zero-order valence-corrected chi connectivity index (χ0v) is 69.0. The highest BCUT2D eigenvalue weighted by Gasteiger charge is 2.57. The summed E-state index contributed by atoms with van der Waals surface area (Å²) in [5.74, 6) is -6.18. The van der Waals surface area contributed by atoms with E-state index in [1.807, 2.05) is 66.1 Å². The van der Waals surface area contributed by atoms with Crippen LogP contribution in [0, 0.1) is 0 Å². The number of aliphatic hydroxyl groups is 6. The summed E-state index contributed by atoms with van der Waals surface area (Å²) in [6.07, 6.45) is -15.2. The van der Waals surface area contributed by atoms with Crippen LogP contribution in [0.1, 0.15) is 93.8 Å². The number of carbonyl (C=O) groups is 10. The van der Waals surface area contributed by atoms with Gasteiger partial charge in [0.05, 0.1) is 121 Å². The predicted octanol–water partition coefficient (Wildman–Crippen LogP) is 0.282. The second-order valence-electron chi connectivity index (χ2n) is 27.9. The number of thioether (sulfide) groups is 2. The predicted molar refractivity (Wildman–Crippen MR) is 440 cm³/mol. The zero-order valence-electron chi connectivity index (χ0n) is 67.3. The Morgan fingerprint density at radius 2 is 0.826 bits per heavy atom. The molecule has 12 atom stereocenters. The first-order valence-electron chi connectivity index (χ1n) is 39.5. The molecule has 5 aromatic carbocycles. The van der Waals surface area contributed by atoms with Crippen molar-refractivity contribution in [1.29, 1.82) is 0 Å². The van der Waals surface area contributed by atoms with Gasteiger partial charge >= 0.3 is 11.9 Å². The summed E-state index contributed by atoms with van der Waals surface area (Å²) in [4.78, 5) is 127. The quantitative estimate of drug-likeness (QED) is 0.0108. The number of amides is 8. The van der Waals surface area contributed by atoms with Crippen molar-refractivity contribution < 1.29 is 136 Å². The van der Waals surface area contributed by atoms with Gasteiger partial charge in [0.2, 0.25) is 23.6 Å². The maximum atomic E-state index is 13.8. The first kappa shape index (κ1) is 98.8. The molecule has 7 rings (SSSR count). The fraction of sp³-hybridized carbons (Fsp3) is 0.512. The van der Waals surface area contributed by atoms with Gasteiger partial charge in [-0.1, -0.05) is 84.9 Å². The first-order chi connectivity index (χ1) is 58.2. The number of aliphatic carboxylic acids is 2. The molecule has 664 valence electrons. The zero-order chi connectivity index (χ0) is 87.5. The van der Waals surface area contributed by atoms with Crippen molar-refractivity contribution in [2.45, 2.75) is 125 Å². The van der Waals surface area contributed by atoms with Crippen LogP contribution in [0.25, 0.3) is 22.3 Å². The van der Waals surface area contributed by atoms with E-state index in [-0.39, 0.29) is 139 Å². The Bertz CT molecular complexity index is 4060. The number of hydrogen-bond donors (Lipinski definition) is 17. The second-order valence-corrected chi connectivity index (χ2v) is 30.3. The van der Waals surface area contributed by atoms with E-state index in [9.17, 15) is 88.8 Å². The molecular weight excluding hydrogens is 1620 g/mol. The lowest BCUT2D eigenvalue weighted by Crippen LogP contribution is -2.68. The molecule has 2 saturated heterocycles. The largest absolute Gasteiger partial charge is 0.490 e. The molecule has 37 nitrogen and oxygen atoms in total. The van der Waals surface area contributed by atoms with Gasteiger partial charge in [-0.05, 0) is 89.1 Å². The second kappa shape index (κ2) is 52.9. The summed E-state index contributed by atoms with van der Waals surface area (Å²) in [5, 5.41) is 107. The SMILES string of the molecule is CC(=O)N[C@@H]1[C@@H](O)C[C@](OCCCSCCNC(=O)c2ccc(C(=O)NCCSCCCO[C@]3(C(=O)O)C[C@H](O)[C@@H](NC(C)=O)[C@H](C(O)[C@H](O)CNC(=O)c4ccc(-c5ccccc5)cc4)O3)c(OCCOCCOCCOCCOCCOCCNC(=O)CCC(=O)NN)c2)(C(=O)O)O[C@H]1C(O)[C@H](O)CNC(=O)c1ccc(-c2ccccc2)cc1. The molecule has 0 aliphatic carbocycles. The Kier molecular flexibility index (Phi) is 43.2. The Labute approximate surface area is 708 Å². The number of hydrogen-bond acceptors (Lipinski definition) is 29. The monoisotopic (exact) mass is 1730 g/mol. The molecular formula is C82H111N9O28S2. The average Bonchev–Trinajstić information content (AvgIpc) is 0.771. The third kappa shape index (κ3) is 33.1. The molecule has 121 heavy (non-hydrogen) atoms. The van der Waals surface area contributed by atoms with Crippen LogP contribution in [-0.2, 0) is 71.4 Å². The number of benzene rings is 5. The number of rotatable bonds is 56. The average molecular weight is 1730 g/mol. The third-order valence-electron chi connectivity index (χ3n) is 18.8. The summed E-state index contributed by atoms with van der Waals surface area (Å²) in [6, 6.07) is 33.7. The lowest BCUT2D eigenvalue weighted by molar-refractivity contribution is -0.310. The van der Waals surface area contributed by atoms with E-state index in [4.69, 9.17) is 53.2 Å². The number of carboxylic acids is 2. The molecule has 39 heteroatoms. The molecule has 0 spiro atoms. The maximum absolute atomic E-state index is 13.8. The van der Waals surface area contributed by atoms with E-state index in [0.29, 0.717) is 49.4 Å². The molecule has 0 aromatic heterocycles. The lowest BCUT2D eigenvalue weighted by Gasteiger charge is -2.46. The minimum Gasteiger partial charge on any atom is -0.490 e. The van der Waals surface area contributed by atoms with Gasteiger partial charge in [0, 0.05) is 100 Å². The van der Waals surface area contributed by atoms with Gasteiger partial charge in [-0.2, -0.15) is 23.5 Å². The molecule has 2 unspecified atom stereocenters. The highest BCUT2D eigenvalue weighted by atomic mass is 32.2. The number of aliphatic hydroxyl groups excluding tert-OH is 6. The van der Waals surface area contributed by atoms with Crippen molar-refractivity contribution >= 4 is 82.7 Å². The Morgan fingerprint density at radius 3 is 1.24 bits per heavy atom. The summed E-state index contributed by atoms with van der Waals surface area (Å²) >= 11 is 2.75. The van der Waals surface area contributed by atoms with Crippen LogP contribution in [0.15, 0.2) is 127 Å². The third-order valence-corrected chi connectivity index (χ3v) is 21.0. The van der Waals surface area contributed by atoms with Gasteiger partial charge in [0.25, 0.3) is 35.2 Å². The summed E-state index contributed by atoms with van der Waals surface area (Å²) in [5.41, 5.74) is 6.25. The fourth-order valence-corrected chi connectivity index (χ4v) is 14.1. The minimum atomic E-state index is -2.55. The molecule has 0 radical (unpaired) electrons. The van der Waals surface area contributed by atoms with E-state index in [0.717, 1.165) is 36.1 Å². The lowest BCUT2D eigenvalue weighted by atomic mass is 9.88. The summed E-state index contributed by atoms with van der Waals surface area (Å²) in [6.45, 7) is 3.69. The molecule has 8 amide bonds. The first-order valence-corrected chi connectivity index (χ1v) is 41.8. The number of carboxylic acid groups (broad SMARTS) is 2. The Hall–Kier alpha value is -9.34. The molecule has 2 aliphatic rings. The van der Waals surface area contributed by atoms with E-state index in [1.165, 1.54) is 41.7 Å². The van der Waals surface area contributed by atoms with Crippen molar-refractivity contribution in [3.05, 3.63) is 150 Å². The topological polar surface area (TPSA) is 547 Å². The van der Waals surface area contributed by atoms with Gasteiger partial charge in [-0.25, -0.2) is 15.4 Å². The van der Waals surface area contributed by atoms with Crippen molar-refractivity contribution in [1.82, 2.24) is 42.6 Å². The normalized spacial score (nSPS) is 19.8. The van der Waals surface area contributed by atoms with Crippen molar-refractivity contribution in [3.63, 3.8) is 0 Å². The number of ether oxygens (including phenoxy) is 10. The number of hydrazine groups is 1. The van der Waals surface area contributed by atoms with Gasteiger partial charge in [0.1, 0.15) is 36.8 Å². The standard InChI is InChI=1S/C82H111N9O28S2/c1-52(92)89-69-62(94)48-81(79(106)107,118-73(69)71(100)64(96)50-87-75(102)58-19-15-56(16-20-58)54-11-5-3-6-12-54)116-30-9-43-120-45-28-85-77(104)60-23-24-61(66(47-60)115-42-41-114-40-39-113-38-37-112-36-35-111-34-33-110-32-27-84-67(98)25-26-68(99)91-83)78(105)86-29-46-121-44-10-31-117-82(80(108)109)49-63(95)70(90-53(2)93)74(119-82)72(101)65(97)51-88-76(103)59-21-17-57(18-22-59)55-13-7-4-8-14-55/h3-8,11-24,47,62-65,69-74,94-97,100-101H,9-10,25-46,48-51,83H2,1-2H3,(H,84,98)(H,85,104)(H,86,105)(H,87,102)(H,88,103)(H,89,92)(H,90,93)(H,91,99)(H,106,107)(H,108,109)/t62-,63-,64+,65+,69+,70+,71?,72?,73+,74+,81+,82+/m0/s1. The highest BCUT2D eigenvalue weighted by molar-refractivity contribution is 7.99. The van der Waals surface area contributed by atoms with E-state index in [1.54, 1.807) is 48.5 Å². The summed E-state index contributed by atoms with van der Waals surface area (Å²) in [7, 11) is 0. The molecule has 2 fully saturated rings. The van der Waals surface area contributed by atoms with Gasteiger partial charge < -0.3 is 125 Å². The number of carbonyl (C=O) groups excluding carboxylic acids is 8. The van der Waals surface area contributed by atoms with E-state index in [2.05, 4.69) is 37.2 Å². The van der Waals surface area contributed by atoms with Gasteiger partial charge in [-0.3, -0.25) is 43.8 Å². The fourth-order valence-electron chi connectivity index (χ4n) is 12.6. The molecule has 2 aliphatic heterocycles. The smallest absolute Gasteiger partial charge is 0.364 e. The molecule has 2 heterocycles. The Balaban J connectivity index is 0.854. The van der Waals surface area contributed by atoms with Crippen LogP contribution in [0.5, 0.6) is 5.75 Å². The van der Waals surface area contributed by atoms with Crippen LogP contribution < -0.4 is 53.2 Å². The van der Waals surface area contributed by atoms with Crippen LogP contribution in [0.2, 0.25) is 0 Å². The van der Waals surface area contributed by atoms with E-state index >= 15 is 0 Å². The number of nitrogens with two attached hydrogens (primary N) is 1. The van der Waals surface area contributed by atoms with Crippen molar-refractivity contribution in [3.8, 4) is 28.0 Å². The van der Waals surface area contributed by atoms with Crippen LogP contribution >= 0.6 is 23.5 Å². The van der Waals surface area contributed by atoms with E-state index < -0.39 is 152 Å². The Morgan fingerprint density at radius 1 is 0.446 bits per heavy atom. The summed E-state index contributed by atoms with van der Waals surface area (Å²) < 4.78 is 57.2. The van der Waals surface area contributed by atoms with Crippen molar-refractivity contribution in [2.75, 3.05) is 142 Å². The number of nitrogens with one attached hydrogen (secondary N) is 8. The minimum absolute atomic E-state index is 0.00967. The molecule has 18 N–H and O–H groups in total. The van der Waals surface area contributed by atoms with Crippen LogP contribution in [0.4, 0.5) is 0 Å². The highest BCUT2D eigenvalue weighted by Crippen LogP contribution is 2.36. The molecule has 0 saturated carbocycles. The maximum Gasteiger partial charge on any atom is 0.364 e. The molecule has 0 bridgehead atoms. The van der Waals surface area contributed by atoms with Gasteiger partial charge in [-0.15, -0.1) is 0 Å². The van der Waals surface area contributed by atoms with Crippen LogP contribution in [-0.4, -0.2) is 314 Å². The molecule has 5 aromatic rings. The van der Waals surface area contributed by atoms with Gasteiger partial charge in [0.15, 0.2) is 0 Å². The van der Waals surface area contributed by atoms with Crippen molar-refractivity contribution in [2.24, 2.45) is 5.84 Å².